The number of fused-ring (bicyclic) bond motifs is 2. The Labute approximate surface area is 193 Å². The zero-order chi connectivity index (χ0) is 24.7. The van der Waals surface area contributed by atoms with Gasteiger partial charge in [-0.2, -0.15) is 18.3 Å². The summed E-state index contributed by atoms with van der Waals surface area (Å²) < 4.78 is 54.2. The molecule has 1 amide bonds. The van der Waals surface area contributed by atoms with Crippen LogP contribution in [0.3, 0.4) is 0 Å². The SMILES string of the molecule is Nc1ncnn2cc(C(=O)NCC(F)(F)F)c(-c3ccc(Nc4nc5ccncc5[nH]4)c(F)c3)c12. The highest BCUT2D eigenvalue weighted by Crippen LogP contribution is 2.34. The molecule has 4 aromatic heterocycles. The van der Waals surface area contributed by atoms with Crippen molar-refractivity contribution in [2.75, 3.05) is 17.6 Å². The van der Waals surface area contributed by atoms with Gasteiger partial charge in [0.05, 0.1) is 28.5 Å². The van der Waals surface area contributed by atoms with Gasteiger partial charge in [-0.25, -0.2) is 18.9 Å². The van der Waals surface area contributed by atoms with E-state index >= 15 is 4.39 Å². The van der Waals surface area contributed by atoms with E-state index in [1.165, 1.54) is 22.8 Å². The fourth-order valence-corrected chi connectivity index (χ4v) is 3.59. The number of carbonyl (C=O) groups excluding carboxylic acids is 1. The van der Waals surface area contributed by atoms with Gasteiger partial charge in [-0.3, -0.25) is 9.78 Å². The Kier molecular flexibility index (Phi) is 5.19. The smallest absolute Gasteiger partial charge is 0.382 e. The number of H-pyrrole nitrogens is 1. The predicted octanol–water partition coefficient (Wildman–Crippen LogP) is 3.42. The quantitative estimate of drug-likeness (QED) is 0.280. The molecule has 0 fully saturated rings. The van der Waals surface area contributed by atoms with Crippen molar-refractivity contribution in [3.05, 3.63) is 60.6 Å². The maximum Gasteiger partial charge on any atom is 0.405 e. The molecule has 35 heavy (non-hydrogen) atoms. The van der Waals surface area contributed by atoms with Gasteiger partial charge in [0.25, 0.3) is 5.91 Å². The summed E-state index contributed by atoms with van der Waals surface area (Å²) >= 11 is 0. The zero-order valence-electron chi connectivity index (χ0n) is 17.6. The van der Waals surface area contributed by atoms with Crippen LogP contribution in [-0.2, 0) is 0 Å². The summed E-state index contributed by atoms with van der Waals surface area (Å²) in [6.07, 6.45) is 0.867. The van der Waals surface area contributed by atoms with Crippen LogP contribution in [0, 0.1) is 5.82 Å². The Morgan fingerprint density at radius 3 is 2.80 bits per heavy atom. The molecular weight excluding hydrogens is 470 g/mol. The van der Waals surface area contributed by atoms with Crippen LogP contribution in [0.15, 0.2) is 49.2 Å². The summed E-state index contributed by atoms with van der Waals surface area (Å²) in [4.78, 5) is 27.7. The molecule has 5 rings (SSSR count). The summed E-state index contributed by atoms with van der Waals surface area (Å²) in [5, 5.41) is 8.60. The van der Waals surface area contributed by atoms with Crippen molar-refractivity contribution in [2.45, 2.75) is 6.18 Å². The van der Waals surface area contributed by atoms with Crippen molar-refractivity contribution in [2.24, 2.45) is 0 Å². The summed E-state index contributed by atoms with van der Waals surface area (Å²) in [6, 6.07) is 5.69. The Balaban J connectivity index is 1.54. The molecule has 1 aromatic carbocycles. The maximum atomic E-state index is 15.1. The molecule has 0 atom stereocenters. The van der Waals surface area contributed by atoms with Gasteiger partial charge in [-0.1, -0.05) is 6.07 Å². The second-order valence-electron chi connectivity index (χ2n) is 7.45. The van der Waals surface area contributed by atoms with Crippen LogP contribution in [0.5, 0.6) is 0 Å². The first kappa shape index (κ1) is 22.1. The number of pyridine rings is 1. The number of hydrogen-bond acceptors (Lipinski definition) is 7. The lowest BCUT2D eigenvalue weighted by atomic mass is 10.0. The van der Waals surface area contributed by atoms with Crippen molar-refractivity contribution >= 4 is 39.9 Å². The largest absolute Gasteiger partial charge is 0.405 e. The molecule has 0 saturated carbocycles. The van der Waals surface area contributed by atoms with E-state index in [9.17, 15) is 18.0 Å². The van der Waals surface area contributed by atoms with Crippen molar-refractivity contribution in [3.63, 3.8) is 0 Å². The lowest BCUT2D eigenvalue weighted by molar-refractivity contribution is -0.123. The topological polar surface area (TPSA) is 139 Å². The van der Waals surface area contributed by atoms with E-state index in [4.69, 9.17) is 5.73 Å². The molecule has 0 aliphatic rings. The number of nitrogen functional groups attached to an aromatic ring is 1. The molecule has 4 heterocycles. The summed E-state index contributed by atoms with van der Waals surface area (Å²) in [5.41, 5.74) is 7.54. The average Bonchev–Trinajstić information content (AvgIpc) is 3.40. The number of hydrogen-bond donors (Lipinski definition) is 4. The van der Waals surface area contributed by atoms with Gasteiger partial charge in [0.2, 0.25) is 5.95 Å². The fourth-order valence-electron chi connectivity index (χ4n) is 3.59. The summed E-state index contributed by atoms with van der Waals surface area (Å²) in [6.45, 7) is -1.54. The van der Waals surface area contributed by atoms with Crippen LogP contribution in [0.25, 0.3) is 27.7 Å². The maximum absolute atomic E-state index is 15.1. The molecular formula is C21H15F4N9O. The van der Waals surface area contributed by atoms with Crippen molar-refractivity contribution < 1.29 is 22.4 Å². The van der Waals surface area contributed by atoms with E-state index in [0.29, 0.717) is 11.0 Å². The Morgan fingerprint density at radius 2 is 2.06 bits per heavy atom. The standard InChI is InChI=1S/C21H15F4N9O/c22-12-5-10(1-2-13(12)31-20-32-14-3-4-27-6-15(14)33-20)16-11(19(35)28-8-21(23,24)25)7-34-17(16)18(26)29-9-30-34/h1-7,9H,8H2,(H,28,35)(H2,26,29,30)(H2,31,32,33). The minimum Gasteiger partial charge on any atom is -0.382 e. The number of anilines is 3. The molecule has 5 aromatic rings. The van der Waals surface area contributed by atoms with E-state index in [-0.39, 0.29) is 39.7 Å². The monoisotopic (exact) mass is 485 g/mol. The Morgan fingerprint density at radius 1 is 1.23 bits per heavy atom. The number of carbonyl (C=O) groups is 1. The van der Waals surface area contributed by atoms with Gasteiger partial charge < -0.3 is 21.4 Å². The van der Waals surface area contributed by atoms with E-state index in [2.05, 4.69) is 30.4 Å². The molecule has 0 spiro atoms. The highest BCUT2D eigenvalue weighted by molar-refractivity contribution is 6.07. The fraction of sp³-hybridized carbons (Fsp3) is 0.0952. The average molecular weight is 485 g/mol. The summed E-state index contributed by atoms with van der Waals surface area (Å²) in [7, 11) is 0. The second-order valence-corrected chi connectivity index (χ2v) is 7.45. The van der Waals surface area contributed by atoms with Gasteiger partial charge in [0, 0.05) is 18.0 Å². The van der Waals surface area contributed by atoms with Crippen LogP contribution in [0.2, 0.25) is 0 Å². The molecule has 5 N–H and O–H groups in total. The number of nitrogens with one attached hydrogen (secondary N) is 3. The van der Waals surface area contributed by atoms with E-state index in [0.717, 1.165) is 12.4 Å². The Hall–Kier alpha value is -4.75. The molecule has 0 radical (unpaired) electrons. The number of benzene rings is 1. The second kappa shape index (κ2) is 8.23. The first-order valence-electron chi connectivity index (χ1n) is 10.0. The van der Waals surface area contributed by atoms with Crippen molar-refractivity contribution in [3.8, 4) is 11.1 Å². The number of aromatic nitrogens is 6. The third-order valence-corrected chi connectivity index (χ3v) is 5.09. The van der Waals surface area contributed by atoms with Gasteiger partial charge >= 0.3 is 6.18 Å². The number of imidazole rings is 1. The van der Waals surface area contributed by atoms with Gasteiger partial charge in [0.15, 0.2) is 5.82 Å². The molecule has 0 saturated heterocycles. The lowest BCUT2D eigenvalue weighted by Crippen LogP contribution is -2.33. The molecule has 0 aliphatic carbocycles. The van der Waals surface area contributed by atoms with E-state index in [1.807, 2.05) is 5.32 Å². The van der Waals surface area contributed by atoms with Crippen molar-refractivity contribution in [1.29, 1.82) is 0 Å². The number of amides is 1. The zero-order valence-corrected chi connectivity index (χ0v) is 17.6. The first-order chi connectivity index (χ1) is 16.7. The lowest BCUT2D eigenvalue weighted by Gasteiger charge is -2.11. The number of nitrogens with zero attached hydrogens (tertiary/aromatic N) is 5. The predicted molar refractivity (Wildman–Crippen MR) is 118 cm³/mol. The highest BCUT2D eigenvalue weighted by atomic mass is 19.4. The molecule has 0 bridgehead atoms. The van der Waals surface area contributed by atoms with E-state index < -0.39 is 24.4 Å². The number of aromatic amines is 1. The molecule has 178 valence electrons. The van der Waals surface area contributed by atoms with Crippen LogP contribution in [0.1, 0.15) is 10.4 Å². The van der Waals surface area contributed by atoms with Gasteiger partial charge in [-0.15, -0.1) is 0 Å². The molecule has 0 aliphatic heterocycles. The summed E-state index contributed by atoms with van der Waals surface area (Å²) in [5.74, 6) is -1.50. The van der Waals surface area contributed by atoms with Crippen molar-refractivity contribution in [1.82, 2.24) is 34.9 Å². The minimum atomic E-state index is -4.61. The first-order valence-corrected chi connectivity index (χ1v) is 10.0. The van der Waals surface area contributed by atoms with Crippen LogP contribution in [-0.4, -0.2) is 48.2 Å². The Bertz CT molecular complexity index is 1540. The normalized spacial score (nSPS) is 11.8. The third kappa shape index (κ3) is 4.28. The highest BCUT2D eigenvalue weighted by Gasteiger charge is 2.29. The molecule has 10 nitrogen and oxygen atoms in total. The third-order valence-electron chi connectivity index (χ3n) is 5.09. The van der Waals surface area contributed by atoms with Gasteiger partial charge in [0.1, 0.15) is 24.2 Å². The number of halogens is 4. The van der Waals surface area contributed by atoms with Crippen LogP contribution >= 0.6 is 0 Å². The van der Waals surface area contributed by atoms with E-state index in [1.54, 1.807) is 18.5 Å². The number of alkyl halides is 3. The van der Waals surface area contributed by atoms with Crippen LogP contribution < -0.4 is 16.4 Å². The molecule has 0 unspecified atom stereocenters. The van der Waals surface area contributed by atoms with Gasteiger partial charge in [-0.05, 0) is 23.8 Å². The number of rotatable bonds is 5. The molecule has 14 heteroatoms. The number of nitrogens with two attached hydrogens (primary N) is 1. The van der Waals surface area contributed by atoms with Crippen LogP contribution in [0.4, 0.5) is 35.0 Å². The minimum absolute atomic E-state index is 0.0385.